The number of benzene rings is 1. The molecule has 0 spiro atoms. The number of unbranched alkanes of at least 4 members (excludes halogenated alkanes) is 1. The van der Waals surface area contributed by atoms with Gasteiger partial charge in [0.25, 0.3) is 5.91 Å². The number of hydrogen-bond donors (Lipinski definition) is 3. The van der Waals surface area contributed by atoms with E-state index in [-0.39, 0.29) is 5.91 Å². The maximum Gasteiger partial charge on any atom is 0.251 e. The molecule has 3 N–H and O–H groups in total. The minimum Gasteiger partial charge on any atom is -0.356 e. The van der Waals surface area contributed by atoms with Gasteiger partial charge < -0.3 is 16.0 Å². The number of thioether (sulfide) groups is 1. The highest BCUT2D eigenvalue weighted by molar-refractivity contribution is 9.10. The molecule has 128 valence electrons. The Balaban J connectivity index is 2.18. The second kappa shape index (κ2) is 12.2. The summed E-state index contributed by atoms with van der Waals surface area (Å²) in [6.07, 6.45) is 4.45. The molecule has 0 heterocycles. The number of carbonyl (C=O) groups is 1. The second-order valence-electron chi connectivity index (χ2n) is 4.89. The van der Waals surface area contributed by atoms with Crippen LogP contribution in [0.4, 0.5) is 0 Å². The third-order valence-corrected chi connectivity index (χ3v) is 4.27. The molecule has 0 radical (unpaired) electrons. The predicted molar refractivity (Wildman–Crippen MR) is 103 cm³/mol. The van der Waals surface area contributed by atoms with Gasteiger partial charge in [-0.05, 0) is 43.0 Å². The van der Waals surface area contributed by atoms with Crippen LogP contribution >= 0.6 is 27.7 Å². The van der Waals surface area contributed by atoms with Crippen molar-refractivity contribution in [1.29, 1.82) is 0 Å². The van der Waals surface area contributed by atoms with E-state index in [1.165, 1.54) is 12.2 Å². The lowest BCUT2D eigenvalue weighted by Gasteiger charge is -2.12. The van der Waals surface area contributed by atoms with Crippen LogP contribution in [0, 0.1) is 0 Å². The normalized spacial score (nSPS) is 11.2. The summed E-state index contributed by atoms with van der Waals surface area (Å²) in [5.41, 5.74) is 0.649. The van der Waals surface area contributed by atoms with Crippen molar-refractivity contribution in [3.05, 3.63) is 34.3 Å². The fourth-order valence-electron chi connectivity index (χ4n) is 1.89. The number of nitrogens with zero attached hydrogens (tertiary/aromatic N) is 1. The molecule has 0 fully saturated rings. The van der Waals surface area contributed by atoms with Crippen LogP contribution in [0.25, 0.3) is 0 Å². The number of aliphatic imine (C=N–C) groups is 1. The molecule has 0 atom stereocenters. The zero-order valence-electron chi connectivity index (χ0n) is 13.7. The summed E-state index contributed by atoms with van der Waals surface area (Å²) in [4.78, 5) is 16.1. The molecule has 0 saturated heterocycles. The molecular formula is C16H25BrN4OS. The zero-order valence-corrected chi connectivity index (χ0v) is 16.1. The van der Waals surface area contributed by atoms with Gasteiger partial charge in [-0.3, -0.25) is 9.79 Å². The Labute approximate surface area is 151 Å². The van der Waals surface area contributed by atoms with Crippen molar-refractivity contribution in [1.82, 2.24) is 16.0 Å². The van der Waals surface area contributed by atoms with Crippen LogP contribution in [-0.4, -0.2) is 50.6 Å². The molecule has 0 aliphatic heterocycles. The van der Waals surface area contributed by atoms with Crippen molar-refractivity contribution in [2.45, 2.75) is 12.8 Å². The molecule has 23 heavy (non-hydrogen) atoms. The van der Waals surface area contributed by atoms with Gasteiger partial charge in [0.1, 0.15) is 0 Å². The van der Waals surface area contributed by atoms with Gasteiger partial charge in [-0.25, -0.2) is 0 Å². The highest BCUT2D eigenvalue weighted by Gasteiger charge is 2.04. The van der Waals surface area contributed by atoms with Gasteiger partial charge >= 0.3 is 0 Å². The van der Waals surface area contributed by atoms with E-state index in [0.717, 1.165) is 23.4 Å². The molecular weight excluding hydrogens is 376 g/mol. The number of carbonyl (C=O) groups excluding carboxylic acids is 1. The standard InChI is InChI=1S/C16H25BrN4OS/c1-18-16(20-8-3-4-11-23-2)21-10-9-19-15(22)13-6-5-7-14(17)12-13/h5-7,12H,3-4,8-11H2,1-2H3,(H,19,22)(H2,18,20,21). The Morgan fingerprint density at radius 3 is 2.61 bits per heavy atom. The molecule has 0 bridgehead atoms. The predicted octanol–water partition coefficient (Wildman–Crippen LogP) is 2.49. The molecule has 0 aliphatic rings. The zero-order chi connectivity index (χ0) is 16.9. The van der Waals surface area contributed by atoms with Crippen LogP contribution in [0.1, 0.15) is 23.2 Å². The number of nitrogens with one attached hydrogen (secondary N) is 3. The minimum absolute atomic E-state index is 0.0758. The average molecular weight is 401 g/mol. The van der Waals surface area contributed by atoms with Crippen molar-refractivity contribution in [2.75, 3.05) is 38.7 Å². The fourth-order valence-corrected chi connectivity index (χ4v) is 2.78. The van der Waals surface area contributed by atoms with E-state index in [1.54, 1.807) is 19.2 Å². The summed E-state index contributed by atoms with van der Waals surface area (Å²) in [5, 5.41) is 9.34. The Morgan fingerprint density at radius 2 is 1.91 bits per heavy atom. The second-order valence-corrected chi connectivity index (χ2v) is 6.79. The summed E-state index contributed by atoms with van der Waals surface area (Å²) in [7, 11) is 1.75. The smallest absolute Gasteiger partial charge is 0.251 e. The van der Waals surface area contributed by atoms with E-state index in [4.69, 9.17) is 0 Å². The van der Waals surface area contributed by atoms with Gasteiger partial charge in [0.05, 0.1) is 0 Å². The van der Waals surface area contributed by atoms with Crippen molar-refractivity contribution in [3.63, 3.8) is 0 Å². The first-order chi connectivity index (χ1) is 11.2. The largest absolute Gasteiger partial charge is 0.356 e. The lowest BCUT2D eigenvalue weighted by atomic mass is 10.2. The molecule has 1 aromatic carbocycles. The van der Waals surface area contributed by atoms with Crippen molar-refractivity contribution in [2.24, 2.45) is 4.99 Å². The molecule has 1 rings (SSSR count). The Hall–Kier alpha value is -1.21. The molecule has 1 aromatic rings. The third-order valence-electron chi connectivity index (χ3n) is 3.08. The van der Waals surface area contributed by atoms with Crippen LogP contribution in [0.15, 0.2) is 33.7 Å². The summed E-state index contributed by atoms with van der Waals surface area (Å²) >= 11 is 5.23. The van der Waals surface area contributed by atoms with Crippen LogP contribution < -0.4 is 16.0 Å². The quantitative estimate of drug-likeness (QED) is 0.338. The molecule has 5 nitrogen and oxygen atoms in total. The Morgan fingerprint density at radius 1 is 1.17 bits per heavy atom. The molecule has 0 aromatic heterocycles. The third kappa shape index (κ3) is 8.86. The number of hydrogen-bond acceptors (Lipinski definition) is 3. The SMILES string of the molecule is CN=C(NCCCCSC)NCCNC(=O)c1cccc(Br)c1. The maximum atomic E-state index is 12.0. The van der Waals surface area contributed by atoms with Crippen molar-refractivity contribution < 1.29 is 4.79 Å². The van der Waals surface area contributed by atoms with Gasteiger partial charge in [0.15, 0.2) is 5.96 Å². The van der Waals surface area contributed by atoms with Gasteiger partial charge in [-0.2, -0.15) is 11.8 Å². The Kier molecular flexibility index (Phi) is 10.6. The Bertz CT molecular complexity index is 511. The molecule has 0 saturated carbocycles. The van der Waals surface area contributed by atoms with E-state index >= 15 is 0 Å². The van der Waals surface area contributed by atoms with Gasteiger partial charge in [0.2, 0.25) is 0 Å². The van der Waals surface area contributed by atoms with E-state index in [9.17, 15) is 4.79 Å². The monoisotopic (exact) mass is 400 g/mol. The molecule has 0 unspecified atom stereocenters. The molecule has 7 heteroatoms. The van der Waals surface area contributed by atoms with Crippen LogP contribution in [0.3, 0.4) is 0 Å². The summed E-state index contributed by atoms with van der Waals surface area (Å²) in [5.74, 6) is 1.88. The van der Waals surface area contributed by atoms with Gasteiger partial charge in [0, 0.05) is 36.7 Å². The molecule has 1 amide bonds. The van der Waals surface area contributed by atoms with E-state index in [1.807, 2.05) is 23.9 Å². The van der Waals surface area contributed by atoms with E-state index < -0.39 is 0 Å². The number of guanidine groups is 1. The van der Waals surface area contributed by atoms with E-state index in [0.29, 0.717) is 18.7 Å². The first-order valence-corrected chi connectivity index (χ1v) is 9.83. The molecule has 0 aliphatic carbocycles. The summed E-state index contributed by atoms with van der Waals surface area (Å²) in [6, 6.07) is 7.34. The highest BCUT2D eigenvalue weighted by atomic mass is 79.9. The first kappa shape index (κ1) is 19.8. The topological polar surface area (TPSA) is 65.5 Å². The lowest BCUT2D eigenvalue weighted by molar-refractivity contribution is 0.0954. The van der Waals surface area contributed by atoms with Crippen LogP contribution in [0.5, 0.6) is 0 Å². The summed E-state index contributed by atoms with van der Waals surface area (Å²) in [6.45, 7) is 2.08. The number of rotatable bonds is 9. The maximum absolute atomic E-state index is 12.0. The van der Waals surface area contributed by atoms with Crippen molar-refractivity contribution in [3.8, 4) is 0 Å². The highest BCUT2D eigenvalue weighted by Crippen LogP contribution is 2.11. The van der Waals surface area contributed by atoms with Gasteiger partial charge in [-0.15, -0.1) is 0 Å². The first-order valence-electron chi connectivity index (χ1n) is 7.64. The number of amides is 1. The van der Waals surface area contributed by atoms with Crippen LogP contribution in [0.2, 0.25) is 0 Å². The van der Waals surface area contributed by atoms with Crippen molar-refractivity contribution >= 4 is 39.6 Å². The average Bonchev–Trinajstić information content (AvgIpc) is 2.56. The van der Waals surface area contributed by atoms with E-state index in [2.05, 4.69) is 43.1 Å². The summed E-state index contributed by atoms with van der Waals surface area (Å²) < 4.78 is 0.898. The fraction of sp³-hybridized carbons (Fsp3) is 0.500. The lowest BCUT2D eigenvalue weighted by Crippen LogP contribution is -2.41. The number of halogens is 1. The van der Waals surface area contributed by atoms with Crippen LogP contribution in [-0.2, 0) is 0 Å². The minimum atomic E-state index is -0.0758. The van der Waals surface area contributed by atoms with Gasteiger partial charge in [-0.1, -0.05) is 22.0 Å².